The molecule has 0 aromatic heterocycles. The molecule has 33 heavy (non-hydrogen) atoms. The second kappa shape index (κ2) is 8.28. The van der Waals surface area contributed by atoms with Gasteiger partial charge in [0.2, 0.25) is 5.91 Å². The Balaban J connectivity index is 1.32. The molecule has 5 rings (SSSR count). The van der Waals surface area contributed by atoms with Gasteiger partial charge in [-0.25, -0.2) is 4.79 Å². The lowest BCUT2D eigenvalue weighted by atomic mass is 9.83. The number of hydrogen-bond acceptors (Lipinski definition) is 5. The van der Waals surface area contributed by atoms with Crippen LogP contribution in [0, 0.1) is 0 Å². The third kappa shape index (κ3) is 4.00. The summed E-state index contributed by atoms with van der Waals surface area (Å²) in [5.74, 6) is -1.23. The number of aromatic carboxylic acids is 1. The fourth-order valence-corrected chi connectivity index (χ4v) is 5.54. The molecule has 0 unspecified atom stereocenters. The minimum atomic E-state index is -1.07. The fourth-order valence-electron chi connectivity index (χ4n) is 5.54. The van der Waals surface area contributed by atoms with E-state index in [2.05, 4.69) is 4.90 Å². The van der Waals surface area contributed by atoms with Gasteiger partial charge >= 0.3 is 5.97 Å². The number of aliphatic hydroxyl groups excluding tert-OH is 1. The van der Waals surface area contributed by atoms with E-state index in [0.29, 0.717) is 51.1 Å². The van der Waals surface area contributed by atoms with Crippen LogP contribution in [0.2, 0.25) is 0 Å². The van der Waals surface area contributed by atoms with Crippen LogP contribution in [-0.2, 0) is 11.2 Å². The molecule has 2 aromatic carbocycles. The van der Waals surface area contributed by atoms with Crippen molar-refractivity contribution in [2.24, 2.45) is 0 Å². The first-order valence-corrected chi connectivity index (χ1v) is 11.2. The number of carbonyl (C=O) groups is 3. The maximum Gasteiger partial charge on any atom is 0.335 e. The Morgan fingerprint density at radius 2 is 1.61 bits per heavy atom. The van der Waals surface area contributed by atoms with Gasteiger partial charge in [0.25, 0.3) is 5.91 Å². The van der Waals surface area contributed by atoms with Crippen LogP contribution in [0.25, 0.3) is 0 Å². The summed E-state index contributed by atoms with van der Waals surface area (Å²) >= 11 is 0. The summed E-state index contributed by atoms with van der Waals surface area (Å²) in [5.41, 5.74) is 1.01. The topological polar surface area (TPSA) is 101 Å². The molecule has 3 saturated heterocycles. The van der Waals surface area contributed by atoms with Crippen molar-refractivity contribution in [3.05, 3.63) is 71.3 Å². The third-order valence-electron chi connectivity index (χ3n) is 7.08. The van der Waals surface area contributed by atoms with Gasteiger partial charge in [0, 0.05) is 44.3 Å². The Bertz CT molecular complexity index is 1080. The number of hydrogen-bond donors (Lipinski definition) is 2. The fraction of sp³-hybridized carbons (Fsp3) is 0.400. The van der Waals surface area contributed by atoms with Crippen molar-refractivity contribution in [2.75, 3.05) is 32.7 Å². The SMILES string of the molecule is O=C(O)c1cccc(C(=O)N2CC3(CN(C(=O)Cc4ccccc4)C[C@@H]4C[C@@H](O)CN43)C2)c1. The van der Waals surface area contributed by atoms with E-state index in [0.717, 1.165) is 5.56 Å². The van der Waals surface area contributed by atoms with Gasteiger partial charge < -0.3 is 20.0 Å². The molecule has 0 radical (unpaired) electrons. The highest BCUT2D eigenvalue weighted by Gasteiger charge is 2.57. The van der Waals surface area contributed by atoms with Gasteiger partial charge in [-0.15, -0.1) is 0 Å². The number of piperazine rings is 1. The Morgan fingerprint density at radius 3 is 2.33 bits per heavy atom. The van der Waals surface area contributed by atoms with E-state index in [1.165, 1.54) is 12.1 Å². The summed E-state index contributed by atoms with van der Waals surface area (Å²) < 4.78 is 0. The largest absolute Gasteiger partial charge is 0.478 e. The summed E-state index contributed by atoms with van der Waals surface area (Å²) in [6.45, 7) is 2.53. The maximum absolute atomic E-state index is 13.1. The normalized spacial score (nSPS) is 23.8. The average Bonchev–Trinajstić information content (AvgIpc) is 3.17. The Labute approximate surface area is 192 Å². The van der Waals surface area contributed by atoms with Crippen LogP contribution in [0.15, 0.2) is 54.6 Å². The summed E-state index contributed by atoms with van der Waals surface area (Å²) in [7, 11) is 0. The molecule has 2 N–H and O–H groups in total. The molecule has 2 atom stereocenters. The van der Waals surface area contributed by atoms with Crippen molar-refractivity contribution in [2.45, 2.75) is 30.5 Å². The van der Waals surface area contributed by atoms with Gasteiger partial charge in [0.05, 0.1) is 23.6 Å². The third-order valence-corrected chi connectivity index (χ3v) is 7.08. The summed E-state index contributed by atoms with van der Waals surface area (Å²) in [6, 6.07) is 15.8. The van der Waals surface area contributed by atoms with Gasteiger partial charge in [0.1, 0.15) is 0 Å². The number of likely N-dealkylation sites (tertiary alicyclic amines) is 1. The molecule has 2 aromatic rings. The molecule has 0 saturated carbocycles. The van der Waals surface area contributed by atoms with Gasteiger partial charge in [0.15, 0.2) is 0 Å². The second-order valence-electron chi connectivity index (χ2n) is 9.40. The quantitative estimate of drug-likeness (QED) is 0.725. The molecule has 8 nitrogen and oxygen atoms in total. The predicted molar refractivity (Wildman–Crippen MR) is 120 cm³/mol. The minimum absolute atomic E-state index is 0.0561. The van der Waals surface area contributed by atoms with E-state index >= 15 is 0 Å². The van der Waals surface area contributed by atoms with E-state index in [1.54, 1.807) is 17.0 Å². The van der Waals surface area contributed by atoms with Crippen LogP contribution in [0.5, 0.6) is 0 Å². The van der Waals surface area contributed by atoms with E-state index in [1.807, 2.05) is 35.2 Å². The molecular weight excluding hydrogens is 422 g/mol. The van der Waals surface area contributed by atoms with E-state index in [9.17, 15) is 24.6 Å². The molecular formula is C25H27N3O5. The highest BCUT2D eigenvalue weighted by molar-refractivity contribution is 5.98. The van der Waals surface area contributed by atoms with Crippen molar-refractivity contribution in [1.82, 2.24) is 14.7 Å². The molecule has 3 aliphatic heterocycles. The monoisotopic (exact) mass is 449 g/mol. The zero-order chi connectivity index (χ0) is 23.2. The number of amides is 2. The highest BCUT2D eigenvalue weighted by atomic mass is 16.4. The Kier molecular flexibility index (Phi) is 5.42. The number of carboxylic acid groups (broad SMARTS) is 1. The summed E-state index contributed by atoms with van der Waals surface area (Å²) in [6.07, 6.45) is 0.510. The van der Waals surface area contributed by atoms with E-state index in [-0.39, 0.29) is 29.0 Å². The molecule has 1 spiro atoms. The maximum atomic E-state index is 13.1. The van der Waals surface area contributed by atoms with Crippen LogP contribution >= 0.6 is 0 Å². The van der Waals surface area contributed by atoms with Gasteiger partial charge in [-0.3, -0.25) is 14.5 Å². The van der Waals surface area contributed by atoms with Crippen LogP contribution in [-0.4, -0.2) is 93.1 Å². The molecule has 8 heteroatoms. The molecule has 3 fully saturated rings. The zero-order valence-corrected chi connectivity index (χ0v) is 18.3. The lowest BCUT2D eigenvalue weighted by Crippen LogP contribution is -2.79. The predicted octanol–water partition coefficient (Wildman–Crippen LogP) is 1.10. The summed E-state index contributed by atoms with van der Waals surface area (Å²) in [4.78, 5) is 43.3. The smallest absolute Gasteiger partial charge is 0.335 e. The first-order chi connectivity index (χ1) is 15.8. The van der Waals surface area contributed by atoms with Crippen molar-refractivity contribution in [3.63, 3.8) is 0 Å². The highest BCUT2D eigenvalue weighted by Crippen LogP contribution is 2.39. The first-order valence-electron chi connectivity index (χ1n) is 11.2. The average molecular weight is 450 g/mol. The van der Waals surface area contributed by atoms with Crippen molar-refractivity contribution >= 4 is 17.8 Å². The van der Waals surface area contributed by atoms with Crippen LogP contribution < -0.4 is 0 Å². The zero-order valence-electron chi connectivity index (χ0n) is 18.3. The van der Waals surface area contributed by atoms with Crippen molar-refractivity contribution < 1.29 is 24.6 Å². The molecule has 0 aliphatic carbocycles. The number of carbonyl (C=O) groups excluding carboxylic acids is 2. The van der Waals surface area contributed by atoms with Gasteiger partial charge in [-0.2, -0.15) is 0 Å². The molecule has 172 valence electrons. The standard InChI is InChI=1S/C25H27N3O5/c29-21-11-20-12-26(22(30)9-17-5-2-1-3-6-17)14-25(28(20)13-21)15-27(16-25)23(31)18-7-4-8-19(10-18)24(32)33/h1-8,10,20-21,29H,9,11-16H2,(H,32,33)/t20-,21+/m0/s1. The molecule has 2 amide bonds. The Morgan fingerprint density at radius 1 is 0.909 bits per heavy atom. The van der Waals surface area contributed by atoms with Gasteiger partial charge in [-0.05, 0) is 30.2 Å². The van der Waals surface area contributed by atoms with E-state index < -0.39 is 12.1 Å². The van der Waals surface area contributed by atoms with Gasteiger partial charge in [-0.1, -0.05) is 36.4 Å². The molecule has 0 bridgehead atoms. The molecule has 3 heterocycles. The number of nitrogens with zero attached hydrogens (tertiary/aromatic N) is 3. The van der Waals surface area contributed by atoms with Crippen molar-refractivity contribution in [1.29, 1.82) is 0 Å². The minimum Gasteiger partial charge on any atom is -0.478 e. The Hall–Kier alpha value is -3.23. The van der Waals surface area contributed by atoms with E-state index in [4.69, 9.17) is 0 Å². The molecule has 3 aliphatic rings. The first kappa shape index (κ1) is 21.6. The number of benzene rings is 2. The number of carboxylic acids is 1. The number of aliphatic hydroxyl groups is 1. The second-order valence-corrected chi connectivity index (χ2v) is 9.40. The lowest BCUT2D eigenvalue weighted by molar-refractivity contribution is -0.146. The summed E-state index contributed by atoms with van der Waals surface area (Å²) in [5, 5.41) is 19.5. The lowest BCUT2D eigenvalue weighted by Gasteiger charge is -2.60. The van der Waals surface area contributed by atoms with Crippen molar-refractivity contribution in [3.8, 4) is 0 Å². The number of rotatable bonds is 4. The van der Waals surface area contributed by atoms with Crippen LogP contribution in [0.4, 0.5) is 0 Å². The number of fused-ring (bicyclic) bond motifs is 2. The van der Waals surface area contributed by atoms with Crippen LogP contribution in [0.1, 0.15) is 32.7 Å². The van der Waals surface area contributed by atoms with Crippen LogP contribution in [0.3, 0.4) is 0 Å². The number of β-amino-alcohol motifs (C(OH)–C–C–N with tert-alkyl or cyclic N) is 1.